The molecule has 0 radical (unpaired) electrons. The van der Waals surface area contributed by atoms with E-state index in [1.165, 1.54) is 12.1 Å². The van der Waals surface area contributed by atoms with Crippen molar-refractivity contribution < 1.29 is 30.8 Å². The summed E-state index contributed by atoms with van der Waals surface area (Å²) in [7, 11) is -4.04. The third kappa shape index (κ3) is 5.45. The fourth-order valence-corrected chi connectivity index (χ4v) is 2.88. The van der Waals surface area contributed by atoms with Crippen molar-refractivity contribution in [3.8, 4) is 0 Å². The van der Waals surface area contributed by atoms with E-state index in [0.29, 0.717) is 0 Å². The molecule has 0 aliphatic carbocycles. The number of halogens is 4. The first-order valence-corrected chi connectivity index (χ1v) is 8.28. The lowest BCUT2D eigenvalue weighted by molar-refractivity contribution is -0.123. The van der Waals surface area contributed by atoms with E-state index >= 15 is 0 Å². The topological polar surface area (TPSA) is 75.3 Å². The van der Waals surface area contributed by atoms with Crippen molar-refractivity contribution in [2.24, 2.45) is 0 Å². The van der Waals surface area contributed by atoms with Crippen LogP contribution in [0.5, 0.6) is 0 Å². The minimum Gasteiger partial charge on any atom is -0.343 e. The first-order valence-electron chi connectivity index (χ1n) is 6.80. The van der Waals surface area contributed by atoms with Gasteiger partial charge in [-0.1, -0.05) is 6.07 Å². The zero-order chi connectivity index (χ0) is 18.7. The maximum atomic E-state index is 13.1. The molecule has 0 saturated heterocycles. The van der Waals surface area contributed by atoms with Crippen LogP contribution in [0.15, 0.2) is 53.4 Å². The van der Waals surface area contributed by atoms with E-state index in [4.69, 9.17) is 0 Å². The van der Waals surface area contributed by atoms with Gasteiger partial charge in [0, 0.05) is 5.56 Å². The maximum absolute atomic E-state index is 13.1. The largest absolute Gasteiger partial charge is 0.405 e. The van der Waals surface area contributed by atoms with Crippen LogP contribution in [0.25, 0.3) is 0 Å². The van der Waals surface area contributed by atoms with E-state index in [1.54, 1.807) is 5.32 Å². The molecule has 0 aliphatic heterocycles. The Bertz CT molecular complexity index is 865. The van der Waals surface area contributed by atoms with Gasteiger partial charge in [0.1, 0.15) is 12.4 Å². The Balaban J connectivity index is 2.11. The van der Waals surface area contributed by atoms with Gasteiger partial charge >= 0.3 is 6.18 Å². The molecule has 2 rings (SSSR count). The summed E-state index contributed by atoms with van der Waals surface area (Å²) in [6.07, 6.45) is -4.55. The molecule has 2 aromatic rings. The van der Waals surface area contributed by atoms with Gasteiger partial charge < -0.3 is 5.32 Å². The smallest absolute Gasteiger partial charge is 0.343 e. The Kier molecular flexibility index (Phi) is 5.31. The molecule has 0 aliphatic rings. The highest BCUT2D eigenvalue weighted by Crippen LogP contribution is 2.18. The normalized spacial score (nSPS) is 11.8. The fourth-order valence-electron chi connectivity index (χ4n) is 1.83. The van der Waals surface area contributed by atoms with Gasteiger partial charge in [0.25, 0.3) is 15.9 Å². The number of nitrogens with one attached hydrogen (secondary N) is 2. The Morgan fingerprint density at radius 2 is 1.68 bits per heavy atom. The molecule has 0 saturated carbocycles. The average Bonchev–Trinajstić information content (AvgIpc) is 2.51. The van der Waals surface area contributed by atoms with Gasteiger partial charge in [0.15, 0.2) is 0 Å². The monoisotopic (exact) mass is 376 g/mol. The van der Waals surface area contributed by atoms with Crippen LogP contribution in [-0.4, -0.2) is 27.0 Å². The van der Waals surface area contributed by atoms with E-state index < -0.39 is 34.5 Å². The molecule has 0 fully saturated rings. The molecule has 5 nitrogen and oxygen atoms in total. The number of benzene rings is 2. The molecular formula is C15H12F4N2O3S. The SMILES string of the molecule is O=C(NCC(F)(F)F)c1ccc(S(=O)(=O)Nc2cccc(F)c2)cc1. The fraction of sp³-hybridized carbons (Fsp3) is 0.133. The van der Waals surface area contributed by atoms with Gasteiger partial charge in [-0.2, -0.15) is 13.2 Å². The number of hydrogen-bond donors (Lipinski definition) is 2. The standard InChI is InChI=1S/C15H12F4N2O3S/c16-11-2-1-3-12(8-11)21-25(23,24)13-6-4-10(5-7-13)14(22)20-9-15(17,18)19/h1-8,21H,9H2,(H,20,22). The van der Waals surface area contributed by atoms with Crippen LogP contribution in [0.4, 0.5) is 23.2 Å². The van der Waals surface area contributed by atoms with Crippen molar-refractivity contribution in [1.82, 2.24) is 5.32 Å². The van der Waals surface area contributed by atoms with Gasteiger partial charge in [-0.3, -0.25) is 9.52 Å². The van der Waals surface area contributed by atoms with Gasteiger partial charge in [-0.15, -0.1) is 0 Å². The van der Waals surface area contributed by atoms with Crippen LogP contribution in [0.1, 0.15) is 10.4 Å². The molecule has 2 N–H and O–H groups in total. The molecule has 10 heteroatoms. The van der Waals surface area contributed by atoms with Crippen LogP contribution >= 0.6 is 0 Å². The van der Waals surface area contributed by atoms with Crippen LogP contribution < -0.4 is 10.0 Å². The number of anilines is 1. The lowest BCUT2D eigenvalue weighted by atomic mass is 10.2. The molecule has 25 heavy (non-hydrogen) atoms. The molecule has 0 bridgehead atoms. The van der Waals surface area contributed by atoms with Gasteiger partial charge in [-0.05, 0) is 42.5 Å². The summed E-state index contributed by atoms with van der Waals surface area (Å²) in [4.78, 5) is 11.3. The highest BCUT2D eigenvalue weighted by Gasteiger charge is 2.28. The number of carbonyl (C=O) groups is 1. The average molecular weight is 376 g/mol. The third-order valence-electron chi connectivity index (χ3n) is 2.95. The van der Waals surface area contributed by atoms with Crippen LogP contribution in [0, 0.1) is 5.82 Å². The number of alkyl halides is 3. The molecular weight excluding hydrogens is 364 g/mol. The molecule has 0 atom stereocenters. The first kappa shape index (κ1) is 18.7. The van der Waals surface area contributed by atoms with Crippen molar-refractivity contribution in [3.05, 3.63) is 59.9 Å². The number of sulfonamides is 1. The number of rotatable bonds is 5. The predicted molar refractivity (Wildman–Crippen MR) is 82.0 cm³/mol. The zero-order valence-corrected chi connectivity index (χ0v) is 13.3. The summed E-state index contributed by atoms with van der Waals surface area (Å²) < 4.78 is 75.7. The quantitative estimate of drug-likeness (QED) is 0.788. The predicted octanol–water partition coefficient (Wildman–Crippen LogP) is 2.92. The highest BCUT2D eigenvalue weighted by molar-refractivity contribution is 7.92. The van der Waals surface area contributed by atoms with Gasteiger partial charge in [-0.25, -0.2) is 12.8 Å². The summed E-state index contributed by atoms with van der Waals surface area (Å²) in [5.74, 6) is -1.61. The Morgan fingerprint density at radius 1 is 1.04 bits per heavy atom. The van der Waals surface area contributed by atoms with E-state index in [9.17, 15) is 30.8 Å². The molecule has 2 aromatic carbocycles. The summed E-state index contributed by atoms with van der Waals surface area (Å²) in [6.45, 7) is -1.49. The van der Waals surface area contributed by atoms with Crippen molar-refractivity contribution in [1.29, 1.82) is 0 Å². The van der Waals surface area contributed by atoms with Gasteiger partial charge in [0.05, 0.1) is 10.6 Å². The second-order valence-corrected chi connectivity index (χ2v) is 6.62. The molecule has 1 amide bonds. The maximum Gasteiger partial charge on any atom is 0.405 e. The van der Waals surface area contributed by atoms with E-state index in [0.717, 1.165) is 36.4 Å². The number of amides is 1. The van der Waals surface area contributed by atoms with E-state index in [1.807, 2.05) is 0 Å². The van der Waals surface area contributed by atoms with Crippen LogP contribution in [0.3, 0.4) is 0 Å². The summed E-state index contributed by atoms with van der Waals surface area (Å²) >= 11 is 0. The Hall–Kier alpha value is -2.62. The lowest BCUT2D eigenvalue weighted by Crippen LogP contribution is -2.33. The van der Waals surface area contributed by atoms with Crippen molar-refractivity contribution in [3.63, 3.8) is 0 Å². The first-order chi connectivity index (χ1) is 11.6. The van der Waals surface area contributed by atoms with Gasteiger partial charge in [0.2, 0.25) is 0 Å². The van der Waals surface area contributed by atoms with Crippen LogP contribution in [-0.2, 0) is 10.0 Å². The summed E-state index contributed by atoms with van der Waals surface area (Å²) in [5.41, 5.74) is -0.124. The molecule has 0 unspecified atom stereocenters. The molecule has 134 valence electrons. The second-order valence-electron chi connectivity index (χ2n) is 4.94. The summed E-state index contributed by atoms with van der Waals surface area (Å²) in [6, 6.07) is 9.06. The Morgan fingerprint density at radius 3 is 2.24 bits per heavy atom. The van der Waals surface area contributed by atoms with Crippen molar-refractivity contribution in [2.45, 2.75) is 11.1 Å². The lowest BCUT2D eigenvalue weighted by Gasteiger charge is -2.10. The summed E-state index contributed by atoms with van der Waals surface area (Å²) in [5, 5.41) is 1.67. The second kappa shape index (κ2) is 7.09. The molecule has 0 spiro atoms. The number of hydrogen-bond acceptors (Lipinski definition) is 3. The molecule has 0 heterocycles. The van der Waals surface area contributed by atoms with E-state index in [2.05, 4.69) is 4.72 Å². The van der Waals surface area contributed by atoms with E-state index in [-0.39, 0.29) is 16.1 Å². The highest BCUT2D eigenvalue weighted by atomic mass is 32.2. The molecule has 0 aromatic heterocycles. The number of carbonyl (C=O) groups excluding carboxylic acids is 1. The van der Waals surface area contributed by atoms with Crippen molar-refractivity contribution >= 4 is 21.6 Å². The third-order valence-corrected chi connectivity index (χ3v) is 4.35. The Labute approximate surface area is 140 Å². The minimum absolute atomic E-state index is 0.00648. The van der Waals surface area contributed by atoms with Crippen molar-refractivity contribution in [2.75, 3.05) is 11.3 Å². The minimum atomic E-state index is -4.55. The van der Waals surface area contributed by atoms with Crippen LogP contribution in [0.2, 0.25) is 0 Å². The zero-order valence-electron chi connectivity index (χ0n) is 12.5.